The van der Waals surface area contributed by atoms with Gasteiger partial charge in [0.1, 0.15) is 0 Å². The van der Waals surface area contributed by atoms with E-state index in [4.69, 9.17) is 0 Å². The zero-order valence-corrected chi connectivity index (χ0v) is 11.1. The van der Waals surface area contributed by atoms with Gasteiger partial charge >= 0.3 is 0 Å². The van der Waals surface area contributed by atoms with Gasteiger partial charge in [0.25, 0.3) is 0 Å². The molecule has 0 radical (unpaired) electrons. The molecule has 9 heteroatoms. The highest BCUT2D eigenvalue weighted by atomic mass is 32.2. The van der Waals surface area contributed by atoms with E-state index in [0.717, 1.165) is 5.56 Å². The molecule has 2 aromatic rings. The minimum absolute atomic E-state index is 0.222. The Kier molecular flexibility index (Phi) is 3.42. The topological polar surface area (TPSA) is 114 Å². The lowest BCUT2D eigenvalue weighted by molar-refractivity contribution is -0.132. The Morgan fingerprint density at radius 1 is 1.35 bits per heavy atom. The number of aromatic amines is 1. The summed E-state index contributed by atoms with van der Waals surface area (Å²) in [5.41, 5.74) is 0.767. The van der Waals surface area contributed by atoms with Crippen LogP contribution in [0.5, 0.6) is 0 Å². The number of imide groups is 1. The van der Waals surface area contributed by atoms with Crippen molar-refractivity contribution in [2.24, 2.45) is 0 Å². The molecule has 0 spiro atoms. The summed E-state index contributed by atoms with van der Waals surface area (Å²) < 4.78 is 0. The average Bonchev–Trinajstić information content (AvgIpc) is 2.96. The number of rotatable bonds is 3. The van der Waals surface area contributed by atoms with Gasteiger partial charge in [-0.3, -0.25) is 14.9 Å². The lowest BCUT2D eigenvalue weighted by Crippen LogP contribution is -2.42. The predicted octanol–water partition coefficient (Wildman–Crippen LogP) is 0.159. The number of piperidine rings is 1. The molecule has 1 atom stereocenters. The number of pyridine rings is 1. The normalized spacial score (nSPS) is 18.9. The number of H-pyrrole nitrogens is 1. The summed E-state index contributed by atoms with van der Waals surface area (Å²) in [7, 11) is 0. The van der Waals surface area contributed by atoms with Crippen LogP contribution in [0.1, 0.15) is 12.8 Å². The van der Waals surface area contributed by atoms with Crippen LogP contribution in [0, 0.1) is 0 Å². The van der Waals surface area contributed by atoms with Crippen molar-refractivity contribution in [2.45, 2.75) is 23.1 Å². The highest BCUT2D eigenvalue weighted by molar-refractivity contribution is 8.00. The van der Waals surface area contributed by atoms with Crippen molar-refractivity contribution in [1.82, 2.24) is 30.9 Å². The number of nitrogens with one attached hydrogen (secondary N) is 2. The number of hydrogen-bond acceptors (Lipinski definition) is 7. The molecule has 2 aromatic heterocycles. The quantitative estimate of drug-likeness (QED) is 0.774. The van der Waals surface area contributed by atoms with E-state index in [2.05, 4.69) is 30.9 Å². The lowest BCUT2D eigenvalue weighted by atomic mass is 10.1. The van der Waals surface area contributed by atoms with Gasteiger partial charge in [-0.1, -0.05) is 11.8 Å². The summed E-state index contributed by atoms with van der Waals surface area (Å²) in [5.74, 6) is -0.0177. The molecule has 8 nitrogen and oxygen atoms in total. The van der Waals surface area contributed by atoms with E-state index < -0.39 is 0 Å². The van der Waals surface area contributed by atoms with E-state index in [0.29, 0.717) is 23.7 Å². The van der Waals surface area contributed by atoms with Crippen LogP contribution < -0.4 is 5.32 Å². The summed E-state index contributed by atoms with van der Waals surface area (Å²) in [6, 6.07) is 3.55. The van der Waals surface area contributed by atoms with Gasteiger partial charge in [-0.15, -0.1) is 10.2 Å². The van der Waals surface area contributed by atoms with E-state index in [1.54, 1.807) is 18.3 Å². The van der Waals surface area contributed by atoms with Crippen molar-refractivity contribution in [1.29, 1.82) is 0 Å². The van der Waals surface area contributed by atoms with Gasteiger partial charge in [-0.25, -0.2) is 4.98 Å². The van der Waals surface area contributed by atoms with Gasteiger partial charge in [0, 0.05) is 18.2 Å². The Balaban J connectivity index is 1.76. The zero-order valence-electron chi connectivity index (χ0n) is 10.2. The predicted molar refractivity (Wildman–Crippen MR) is 69.4 cm³/mol. The molecule has 0 saturated carbocycles. The van der Waals surface area contributed by atoms with Crippen LogP contribution in [0.4, 0.5) is 0 Å². The first kappa shape index (κ1) is 12.7. The molecular formula is C11H10N6O2S. The number of nitrogens with zero attached hydrogens (tertiary/aromatic N) is 4. The van der Waals surface area contributed by atoms with Crippen LogP contribution in [0.15, 0.2) is 23.4 Å². The van der Waals surface area contributed by atoms with E-state index in [1.165, 1.54) is 11.8 Å². The smallest absolute Gasteiger partial charge is 0.240 e. The van der Waals surface area contributed by atoms with Crippen LogP contribution in [-0.2, 0) is 9.59 Å². The molecule has 102 valence electrons. The molecule has 1 fully saturated rings. The molecule has 2 amide bonds. The Bertz CT molecular complexity index is 644. The van der Waals surface area contributed by atoms with E-state index in [9.17, 15) is 9.59 Å². The van der Waals surface area contributed by atoms with Crippen molar-refractivity contribution in [2.75, 3.05) is 0 Å². The third-order valence-corrected chi connectivity index (χ3v) is 3.99. The van der Waals surface area contributed by atoms with Crippen molar-refractivity contribution in [3.63, 3.8) is 0 Å². The molecule has 0 aliphatic carbocycles. The number of hydrogen-bond donors (Lipinski definition) is 2. The minimum atomic E-state index is -0.305. The third-order valence-electron chi connectivity index (χ3n) is 2.79. The molecule has 1 aliphatic heterocycles. The number of thioether (sulfide) groups is 1. The standard InChI is InChI=1S/C11H10N6O2S/c18-8-2-1-7(11(19)13-8)20-9-5-6(3-4-12-9)10-14-16-17-15-10/h3-5,7H,1-2H2,(H,13,18,19)(H,14,15,16,17). The summed E-state index contributed by atoms with van der Waals surface area (Å²) in [6.07, 6.45) is 2.50. The van der Waals surface area contributed by atoms with Crippen LogP contribution >= 0.6 is 11.8 Å². The van der Waals surface area contributed by atoms with Crippen LogP contribution in [0.2, 0.25) is 0 Å². The second-order valence-electron chi connectivity index (χ2n) is 4.18. The highest BCUT2D eigenvalue weighted by Crippen LogP contribution is 2.28. The van der Waals surface area contributed by atoms with Crippen molar-refractivity contribution < 1.29 is 9.59 Å². The van der Waals surface area contributed by atoms with Crippen molar-refractivity contribution in [3.8, 4) is 11.4 Å². The van der Waals surface area contributed by atoms with Gasteiger partial charge < -0.3 is 0 Å². The molecule has 3 rings (SSSR count). The van der Waals surface area contributed by atoms with Crippen LogP contribution in [0.25, 0.3) is 11.4 Å². The van der Waals surface area contributed by atoms with Gasteiger partial charge in [0.2, 0.25) is 17.6 Å². The first-order valence-electron chi connectivity index (χ1n) is 5.92. The van der Waals surface area contributed by atoms with Crippen LogP contribution in [0.3, 0.4) is 0 Å². The molecule has 3 heterocycles. The fourth-order valence-electron chi connectivity index (χ4n) is 1.83. The molecule has 0 bridgehead atoms. The van der Waals surface area contributed by atoms with Gasteiger partial charge in [-0.2, -0.15) is 5.21 Å². The first-order chi connectivity index (χ1) is 9.72. The monoisotopic (exact) mass is 290 g/mol. The molecular weight excluding hydrogens is 280 g/mol. The summed E-state index contributed by atoms with van der Waals surface area (Å²) in [6.45, 7) is 0. The molecule has 20 heavy (non-hydrogen) atoms. The molecule has 1 saturated heterocycles. The lowest BCUT2D eigenvalue weighted by Gasteiger charge is -2.19. The Labute approximate surface area is 117 Å². The van der Waals surface area contributed by atoms with Crippen molar-refractivity contribution in [3.05, 3.63) is 18.3 Å². The largest absolute Gasteiger partial charge is 0.295 e. The Hall–Kier alpha value is -2.29. The van der Waals surface area contributed by atoms with E-state index in [-0.39, 0.29) is 17.1 Å². The van der Waals surface area contributed by atoms with Gasteiger partial charge in [-0.05, 0) is 23.8 Å². The SMILES string of the molecule is O=C1CCC(Sc2cc(-c3nn[nH]n3)ccn2)C(=O)N1. The second-order valence-corrected chi connectivity index (χ2v) is 5.40. The average molecular weight is 290 g/mol. The molecule has 1 unspecified atom stereocenters. The maximum absolute atomic E-state index is 11.7. The maximum Gasteiger partial charge on any atom is 0.240 e. The fraction of sp³-hybridized carbons (Fsp3) is 0.273. The number of carbonyl (C=O) groups is 2. The van der Waals surface area contributed by atoms with Crippen LogP contribution in [-0.4, -0.2) is 42.7 Å². The Morgan fingerprint density at radius 3 is 3.00 bits per heavy atom. The number of aromatic nitrogens is 5. The fourth-order valence-corrected chi connectivity index (χ4v) is 2.84. The minimum Gasteiger partial charge on any atom is -0.295 e. The van der Waals surface area contributed by atoms with Gasteiger partial charge in [0.05, 0.1) is 10.3 Å². The maximum atomic E-state index is 11.7. The third kappa shape index (κ3) is 2.67. The zero-order chi connectivity index (χ0) is 13.9. The summed E-state index contributed by atoms with van der Waals surface area (Å²) in [4.78, 5) is 27.0. The number of tetrazole rings is 1. The number of carbonyl (C=O) groups excluding carboxylic acids is 2. The van der Waals surface area contributed by atoms with E-state index in [1.807, 2.05) is 0 Å². The Morgan fingerprint density at radius 2 is 2.25 bits per heavy atom. The summed E-state index contributed by atoms with van der Waals surface area (Å²) >= 11 is 1.32. The van der Waals surface area contributed by atoms with E-state index >= 15 is 0 Å². The second kappa shape index (κ2) is 5.37. The van der Waals surface area contributed by atoms with Crippen molar-refractivity contribution >= 4 is 23.6 Å². The molecule has 1 aliphatic rings. The summed E-state index contributed by atoms with van der Waals surface area (Å²) in [5, 5.41) is 16.4. The molecule has 2 N–H and O–H groups in total. The number of amides is 2. The van der Waals surface area contributed by atoms with Gasteiger partial charge in [0.15, 0.2) is 0 Å². The first-order valence-corrected chi connectivity index (χ1v) is 6.80. The molecule has 0 aromatic carbocycles. The highest BCUT2D eigenvalue weighted by Gasteiger charge is 2.27.